The van der Waals surface area contributed by atoms with Crippen LogP contribution in [0.1, 0.15) is 12.8 Å². The maximum Gasteiger partial charge on any atom is 0.238 e. The minimum absolute atomic E-state index is 0.0848. The summed E-state index contributed by atoms with van der Waals surface area (Å²) in [5.74, 6) is 1.26. The third-order valence-corrected chi connectivity index (χ3v) is 4.82. The lowest BCUT2D eigenvalue weighted by molar-refractivity contribution is -0.123. The molecule has 0 atom stereocenters. The van der Waals surface area contributed by atoms with Crippen molar-refractivity contribution in [1.82, 2.24) is 15.1 Å². The smallest absolute Gasteiger partial charge is 0.238 e. The molecule has 1 heterocycles. The van der Waals surface area contributed by atoms with Gasteiger partial charge in [0.15, 0.2) is 0 Å². The maximum absolute atomic E-state index is 12.4. The molecule has 1 aromatic rings. The van der Waals surface area contributed by atoms with Gasteiger partial charge in [0.2, 0.25) is 11.8 Å². The largest absolute Gasteiger partial charge is 0.497 e. The lowest BCUT2D eigenvalue weighted by Crippen LogP contribution is -2.51. The molecular weight excluding hydrogens is 348 g/mol. The Morgan fingerprint density at radius 2 is 1.63 bits per heavy atom. The van der Waals surface area contributed by atoms with Crippen LogP contribution in [0.15, 0.2) is 18.2 Å². The van der Waals surface area contributed by atoms with Crippen molar-refractivity contribution in [3.8, 4) is 11.5 Å². The molecule has 0 spiro atoms. The van der Waals surface area contributed by atoms with Crippen LogP contribution in [0.5, 0.6) is 11.5 Å². The van der Waals surface area contributed by atoms with Crippen LogP contribution < -0.4 is 20.1 Å². The van der Waals surface area contributed by atoms with Crippen LogP contribution in [0.2, 0.25) is 0 Å². The highest BCUT2D eigenvalue weighted by molar-refractivity contribution is 5.93. The van der Waals surface area contributed by atoms with E-state index in [2.05, 4.69) is 20.4 Å². The molecule has 1 saturated carbocycles. The number of rotatable bonds is 8. The number of carbonyl (C=O) groups is 2. The first-order valence-corrected chi connectivity index (χ1v) is 9.33. The number of nitrogens with one attached hydrogen (secondary N) is 2. The fourth-order valence-corrected chi connectivity index (χ4v) is 3.10. The van der Waals surface area contributed by atoms with Crippen LogP contribution in [0.3, 0.4) is 0 Å². The molecule has 1 saturated heterocycles. The monoisotopic (exact) mass is 376 g/mol. The van der Waals surface area contributed by atoms with Gasteiger partial charge in [0.05, 0.1) is 33.0 Å². The Morgan fingerprint density at radius 1 is 1.00 bits per heavy atom. The minimum Gasteiger partial charge on any atom is -0.497 e. The molecule has 1 aliphatic carbocycles. The summed E-state index contributed by atoms with van der Waals surface area (Å²) in [7, 11) is 3.14. The van der Waals surface area contributed by atoms with E-state index >= 15 is 0 Å². The second-order valence-corrected chi connectivity index (χ2v) is 7.01. The first-order chi connectivity index (χ1) is 13.1. The topological polar surface area (TPSA) is 83.1 Å². The Balaban J connectivity index is 1.42. The SMILES string of the molecule is COc1ccc(NC(=O)CN2CCN(CC(=O)NC3CC3)CC2)c(OC)c1. The third kappa shape index (κ3) is 5.83. The molecule has 0 aromatic heterocycles. The summed E-state index contributed by atoms with van der Waals surface area (Å²) in [5.41, 5.74) is 0.624. The standard InChI is InChI=1S/C19H28N4O4/c1-26-15-5-6-16(17(11-15)27-2)21-19(25)13-23-9-7-22(8-10-23)12-18(24)20-14-3-4-14/h5-6,11,14H,3-4,7-10,12-13H2,1-2H3,(H,20,24)(H,21,25). The van der Waals surface area contributed by atoms with E-state index < -0.39 is 0 Å². The number of benzene rings is 1. The van der Waals surface area contributed by atoms with Crippen LogP contribution in [-0.2, 0) is 9.59 Å². The predicted molar refractivity (Wildman–Crippen MR) is 102 cm³/mol. The number of amides is 2. The highest BCUT2D eigenvalue weighted by Crippen LogP contribution is 2.28. The number of carbonyl (C=O) groups excluding carboxylic acids is 2. The average molecular weight is 376 g/mol. The number of ether oxygens (including phenoxy) is 2. The zero-order valence-corrected chi connectivity index (χ0v) is 16.0. The van der Waals surface area contributed by atoms with E-state index in [0.29, 0.717) is 36.3 Å². The number of piperazine rings is 1. The van der Waals surface area contributed by atoms with Gasteiger partial charge in [-0.3, -0.25) is 19.4 Å². The number of hydrogen-bond donors (Lipinski definition) is 2. The van der Waals surface area contributed by atoms with Gasteiger partial charge in [0.1, 0.15) is 11.5 Å². The molecule has 27 heavy (non-hydrogen) atoms. The van der Waals surface area contributed by atoms with Crippen LogP contribution >= 0.6 is 0 Å². The molecule has 148 valence electrons. The molecular formula is C19H28N4O4. The Bertz CT molecular complexity index is 670. The van der Waals surface area contributed by atoms with E-state index in [1.165, 1.54) is 0 Å². The molecule has 0 unspecified atom stereocenters. The Morgan fingerprint density at radius 3 is 2.19 bits per heavy atom. The van der Waals surface area contributed by atoms with Crippen molar-refractivity contribution in [2.24, 2.45) is 0 Å². The molecule has 3 rings (SSSR count). The highest BCUT2D eigenvalue weighted by Gasteiger charge is 2.25. The van der Waals surface area contributed by atoms with Gasteiger partial charge in [-0.25, -0.2) is 0 Å². The fourth-order valence-electron chi connectivity index (χ4n) is 3.10. The van der Waals surface area contributed by atoms with Crippen molar-refractivity contribution in [3.63, 3.8) is 0 Å². The quantitative estimate of drug-likeness (QED) is 0.689. The molecule has 2 amide bonds. The zero-order valence-electron chi connectivity index (χ0n) is 16.0. The van der Waals surface area contributed by atoms with Crippen LogP contribution in [0, 0.1) is 0 Å². The zero-order chi connectivity index (χ0) is 19.2. The van der Waals surface area contributed by atoms with Gasteiger partial charge in [-0.15, -0.1) is 0 Å². The van der Waals surface area contributed by atoms with Crippen LogP contribution in [0.25, 0.3) is 0 Å². The number of nitrogens with zero attached hydrogens (tertiary/aromatic N) is 2. The molecule has 1 aromatic carbocycles. The summed E-state index contributed by atoms with van der Waals surface area (Å²) in [6.07, 6.45) is 2.21. The van der Waals surface area contributed by atoms with Gasteiger partial charge in [0, 0.05) is 38.3 Å². The number of methoxy groups -OCH3 is 2. The summed E-state index contributed by atoms with van der Waals surface area (Å²) >= 11 is 0. The first kappa shape index (κ1) is 19.4. The molecule has 8 heteroatoms. The van der Waals surface area contributed by atoms with E-state index in [1.807, 2.05) is 0 Å². The van der Waals surface area contributed by atoms with Gasteiger partial charge in [-0.2, -0.15) is 0 Å². The van der Waals surface area contributed by atoms with Gasteiger partial charge >= 0.3 is 0 Å². The second-order valence-electron chi connectivity index (χ2n) is 7.01. The molecule has 0 radical (unpaired) electrons. The highest BCUT2D eigenvalue weighted by atomic mass is 16.5. The number of anilines is 1. The van der Waals surface area contributed by atoms with Gasteiger partial charge < -0.3 is 20.1 Å². The molecule has 1 aliphatic heterocycles. The normalized spacial score (nSPS) is 18.0. The molecule has 2 aliphatic rings. The summed E-state index contributed by atoms with van der Waals surface area (Å²) in [6.45, 7) is 3.87. The van der Waals surface area contributed by atoms with Gasteiger partial charge in [-0.1, -0.05) is 0 Å². The van der Waals surface area contributed by atoms with Crippen LogP contribution in [0.4, 0.5) is 5.69 Å². The Hall–Kier alpha value is -2.32. The summed E-state index contributed by atoms with van der Waals surface area (Å²) < 4.78 is 10.5. The molecule has 8 nitrogen and oxygen atoms in total. The van der Waals surface area contributed by atoms with E-state index in [1.54, 1.807) is 32.4 Å². The Kier molecular flexibility index (Phi) is 6.52. The van der Waals surface area contributed by atoms with E-state index in [0.717, 1.165) is 39.0 Å². The maximum atomic E-state index is 12.4. The third-order valence-electron chi connectivity index (χ3n) is 4.82. The second kappa shape index (κ2) is 9.05. The lowest BCUT2D eigenvalue weighted by Gasteiger charge is -2.33. The van der Waals surface area contributed by atoms with Gasteiger partial charge in [0.25, 0.3) is 0 Å². The molecule has 0 bridgehead atoms. The van der Waals surface area contributed by atoms with Crippen LogP contribution in [-0.4, -0.2) is 81.1 Å². The van der Waals surface area contributed by atoms with Crippen molar-refractivity contribution < 1.29 is 19.1 Å². The molecule has 2 fully saturated rings. The van der Waals surface area contributed by atoms with Crippen molar-refractivity contribution in [1.29, 1.82) is 0 Å². The summed E-state index contributed by atoms with van der Waals surface area (Å²) in [6, 6.07) is 5.69. The summed E-state index contributed by atoms with van der Waals surface area (Å²) in [4.78, 5) is 28.5. The van der Waals surface area contributed by atoms with Crippen molar-refractivity contribution >= 4 is 17.5 Å². The van der Waals surface area contributed by atoms with Crippen molar-refractivity contribution in [3.05, 3.63) is 18.2 Å². The fraction of sp³-hybridized carbons (Fsp3) is 0.579. The lowest BCUT2D eigenvalue weighted by atomic mass is 10.2. The van der Waals surface area contributed by atoms with Crippen molar-refractivity contribution in [2.75, 3.05) is 58.8 Å². The average Bonchev–Trinajstić information content (AvgIpc) is 3.47. The predicted octanol–water partition coefficient (Wildman–Crippen LogP) is 0.539. The first-order valence-electron chi connectivity index (χ1n) is 9.33. The van der Waals surface area contributed by atoms with Gasteiger partial charge in [-0.05, 0) is 25.0 Å². The van der Waals surface area contributed by atoms with Crippen molar-refractivity contribution in [2.45, 2.75) is 18.9 Å². The minimum atomic E-state index is -0.0848. The summed E-state index contributed by atoms with van der Waals surface area (Å²) in [5, 5.41) is 5.90. The Labute approximate surface area is 159 Å². The van der Waals surface area contributed by atoms with E-state index in [9.17, 15) is 9.59 Å². The van der Waals surface area contributed by atoms with E-state index in [-0.39, 0.29) is 11.8 Å². The molecule has 2 N–H and O–H groups in total. The van der Waals surface area contributed by atoms with E-state index in [4.69, 9.17) is 9.47 Å². The number of hydrogen-bond acceptors (Lipinski definition) is 6.